The van der Waals surface area contributed by atoms with Gasteiger partial charge in [-0.15, -0.1) is 11.3 Å². The summed E-state index contributed by atoms with van der Waals surface area (Å²) < 4.78 is 10.3. The van der Waals surface area contributed by atoms with Crippen molar-refractivity contribution < 1.29 is 19.1 Å². The number of benzene rings is 1. The standard InChI is InChI=1S/C16H14ClNO4S/c1-16(2)8-21-15(20)12(16)22-14(19)11-7-18-13(23-11)9-5-3-4-6-10(9)17/h3-7,12H,8H2,1-2H3/t12-/m0/s1. The van der Waals surface area contributed by atoms with E-state index in [1.807, 2.05) is 32.0 Å². The van der Waals surface area contributed by atoms with E-state index >= 15 is 0 Å². The van der Waals surface area contributed by atoms with Gasteiger partial charge in [-0.3, -0.25) is 0 Å². The molecule has 1 fully saturated rings. The van der Waals surface area contributed by atoms with Crippen molar-refractivity contribution in [1.82, 2.24) is 4.98 Å². The van der Waals surface area contributed by atoms with Gasteiger partial charge in [0.1, 0.15) is 16.5 Å². The zero-order valence-corrected chi connectivity index (χ0v) is 14.1. The molecule has 1 aromatic heterocycles. The minimum atomic E-state index is -0.902. The SMILES string of the molecule is CC1(C)COC(=O)[C@@H]1OC(=O)c1cnc(-c2ccccc2Cl)s1. The third-order valence-corrected chi connectivity index (χ3v) is 4.89. The molecule has 0 N–H and O–H groups in total. The average Bonchev–Trinajstić information content (AvgIpc) is 3.08. The number of hydrogen-bond donors (Lipinski definition) is 0. The molecule has 0 spiro atoms. The maximum Gasteiger partial charge on any atom is 0.350 e. The summed E-state index contributed by atoms with van der Waals surface area (Å²) in [7, 11) is 0. The van der Waals surface area contributed by atoms with E-state index in [1.165, 1.54) is 17.5 Å². The van der Waals surface area contributed by atoms with Gasteiger partial charge in [-0.1, -0.05) is 43.6 Å². The molecule has 0 aliphatic carbocycles. The summed E-state index contributed by atoms with van der Waals surface area (Å²) in [5.41, 5.74) is 0.210. The lowest BCUT2D eigenvalue weighted by atomic mass is 9.90. The number of thiazole rings is 1. The molecule has 1 atom stereocenters. The molecular formula is C16H14ClNO4S. The Bertz CT molecular complexity index is 771. The quantitative estimate of drug-likeness (QED) is 0.791. The van der Waals surface area contributed by atoms with E-state index in [2.05, 4.69) is 4.98 Å². The van der Waals surface area contributed by atoms with Crippen LogP contribution in [0.4, 0.5) is 0 Å². The van der Waals surface area contributed by atoms with E-state index in [1.54, 1.807) is 6.07 Å². The highest BCUT2D eigenvalue weighted by Crippen LogP contribution is 2.34. The van der Waals surface area contributed by atoms with Gasteiger partial charge in [0.25, 0.3) is 0 Å². The normalized spacial score (nSPS) is 19.4. The topological polar surface area (TPSA) is 65.5 Å². The maximum absolute atomic E-state index is 12.3. The number of ether oxygens (including phenoxy) is 2. The molecule has 1 saturated heterocycles. The highest BCUT2D eigenvalue weighted by Gasteiger charge is 2.46. The molecule has 1 aromatic carbocycles. The average molecular weight is 352 g/mol. The van der Waals surface area contributed by atoms with Crippen LogP contribution in [0.3, 0.4) is 0 Å². The van der Waals surface area contributed by atoms with Crippen molar-refractivity contribution >= 4 is 34.9 Å². The minimum Gasteiger partial charge on any atom is -0.462 e. The monoisotopic (exact) mass is 351 g/mol. The Labute approximate surface area is 142 Å². The minimum absolute atomic E-state index is 0.233. The molecule has 0 bridgehead atoms. The van der Waals surface area contributed by atoms with Gasteiger partial charge in [-0.05, 0) is 6.07 Å². The van der Waals surface area contributed by atoms with Gasteiger partial charge in [0.15, 0.2) is 0 Å². The largest absolute Gasteiger partial charge is 0.462 e. The fraction of sp³-hybridized carbons (Fsp3) is 0.312. The van der Waals surface area contributed by atoms with Crippen molar-refractivity contribution in [2.45, 2.75) is 20.0 Å². The number of carbonyl (C=O) groups is 2. The molecule has 1 aliphatic rings. The van der Waals surface area contributed by atoms with Crippen LogP contribution in [-0.4, -0.2) is 29.6 Å². The fourth-order valence-corrected chi connectivity index (χ4v) is 3.35. The number of rotatable bonds is 3. The van der Waals surface area contributed by atoms with E-state index in [0.29, 0.717) is 14.9 Å². The summed E-state index contributed by atoms with van der Waals surface area (Å²) >= 11 is 7.30. The highest BCUT2D eigenvalue weighted by atomic mass is 35.5. The third-order valence-electron chi connectivity index (χ3n) is 3.55. The molecule has 5 nitrogen and oxygen atoms in total. The lowest BCUT2D eigenvalue weighted by molar-refractivity contribution is -0.145. The van der Waals surface area contributed by atoms with Gasteiger partial charge in [0.2, 0.25) is 6.10 Å². The molecule has 3 rings (SSSR count). The van der Waals surface area contributed by atoms with Crippen LogP contribution in [-0.2, 0) is 14.3 Å². The van der Waals surface area contributed by atoms with Crippen molar-refractivity contribution in [3.63, 3.8) is 0 Å². The van der Waals surface area contributed by atoms with Crippen LogP contribution in [0.15, 0.2) is 30.5 Å². The summed E-state index contributed by atoms with van der Waals surface area (Å²) in [6.45, 7) is 3.87. The second-order valence-electron chi connectivity index (χ2n) is 5.89. The van der Waals surface area contributed by atoms with Crippen LogP contribution < -0.4 is 0 Å². The Morgan fingerprint density at radius 2 is 2.17 bits per heavy atom. The van der Waals surface area contributed by atoms with Crippen LogP contribution in [0.1, 0.15) is 23.5 Å². The third kappa shape index (κ3) is 3.09. The van der Waals surface area contributed by atoms with Gasteiger partial charge >= 0.3 is 11.9 Å². The second-order valence-corrected chi connectivity index (χ2v) is 7.33. The predicted molar refractivity (Wildman–Crippen MR) is 86.5 cm³/mol. The number of cyclic esters (lactones) is 1. The summed E-state index contributed by atoms with van der Waals surface area (Å²) in [6.07, 6.45) is 0.528. The molecule has 0 saturated carbocycles. The van der Waals surface area contributed by atoms with Crippen LogP contribution in [0, 0.1) is 5.41 Å². The predicted octanol–water partition coefficient (Wildman–Crippen LogP) is 3.57. The molecule has 23 heavy (non-hydrogen) atoms. The van der Waals surface area contributed by atoms with Crippen molar-refractivity contribution in [1.29, 1.82) is 0 Å². The first-order valence-corrected chi connectivity index (χ1v) is 8.16. The summed E-state index contributed by atoms with van der Waals surface area (Å²) in [5, 5.41) is 1.18. The van der Waals surface area contributed by atoms with Crippen molar-refractivity contribution in [3.8, 4) is 10.6 Å². The van der Waals surface area contributed by atoms with Gasteiger partial charge < -0.3 is 9.47 Å². The summed E-state index contributed by atoms with van der Waals surface area (Å²) in [5.74, 6) is -1.10. The second kappa shape index (κ2) is 5.94. The van der Waals surface area contributed by atoms with Crippen LogP contribution in [0.5, 0.6) is 0 Å². The van der Waals surface area contributed by atoms with E-state index in [0.717, 1.165) is 5.56 Å². The number of carbonyl (C=O) groups excluding carboxylic acids is 2. The Morgan fingerprint density at radius 1 is 1.43 bits per heavy atom. The zero-order chi connectivity index (χ0) is 16.6. The summed E-state index contributed by atoms with van der Waals surface area (Å²) in [6, 6.07) is 7.25. The number of esters is 2. The molecular weight excluding hydrogens is 338 g/mol. The van der Waals surface area contributed by atoms with Gasteiger partial charge in [-0.2, -0.15) is 0 Å². The van der Waals surface area contributed by atoms with Gasteiger partial charge in [-0.25, -0.2) is 14.6 Å². The first kappa shape index (κ1) is 16.0. The van der Waals surface area contributed by atoms with E-state index in [-0.39, 0.29) is 6.61 Å². The number of halogens is 1. The molecule has 0 radical (unpaired) electrons. The number of hydrogen-bond acceptors (Lipinski definition) is 6. The number of nitrogens with zero attached hydrogens (tertiary/aromatic N) is 1. The van der Waals surface area contributed by atoms with E-state index < -0.39 is 23.5 Å². The van der Waals surface area contributed by atoms with Crippen LogP contribution >= 0.6 is 22.9 Å². The molecule has 120 valence electrons. The Hall–Kier alpha value is -1.92. The van der Waals surface area contributed by atoms with Gasteiger partial charge in [0.05, 0.1) is 11.2 Å². The van der Waals surface area contributed by atoms with Gasteiger partial charge in [0, 0.05) is 11.0 Å². The molecule has 2 heterocycles. The molecule has 1 aliphatic heterocycles. The first-order valence-electron chi connectivity index (χ1n) is 6.97. The van der Waals surface area contributed by atoms with Crippen LogP contribution in [0.25, 0.3) is 10.6 Å². The Kier molecular flexibility index (Phi) is 4.12. The molecule has 0 unspecified atom stereocenters. The zero-order valence-electron chi connectivity index (χ0n) is 12.5. The lowest BCUT2D eigenvalue weighted by Crippen LogP contribution is -2.34. The van der Waals surface area contributed by atoms with Crippen molar-refractivity contribution in [3.05, 3.63) is 40.4 Å². The first-order chi connectivity index (χ1) is 10.9. The maximum atomic E-state index is 12.3. The fourth-order valence-electron chi connectivity index (χ4n) is 2.23. The van der Waals surface area contributed by atoms with Crippen molar-refractivity contribution in [2.24, 2.45) is 5.41 Å². The molecule has 7 heteroatoms. The molecule has 0 amide bonds. The van der Waals surface area contributed by atoms with Crippen molar-refractivity contribution in [2.75, 3.05) is 6.61 Å². The highest BCUT2D eigenvalue weighted by molar-refractivity contribution is 7.16. The Balaban J connectivity index is 1.80. The number of aromatic nitrogens is 1. The van der Waals surface area contributed by atoms with Crippen LogP contribution in [0.2, 0.25) is 5.02 Å². The van der Waals surface area contributed by atoms with E-state index in [4.69, 9.17) is 21.1 Å². The Morgan fingerprint density at radius 3 is 2.83 bits per heavy atom. The molecule has 2 aromatic rings. The summed E-state index contributed by atoms with van der Waals surface area (Å²) in [4.78, 5) is 28.5. The lowest BCUT2D eigenvalue weighted by Gasteiger charge is -2.21. The van der Waals surface area contributed by atoms with E-state index in [9.17, 15) is 9.59 Å². The smallest absolute Gasteiger partial charge is 0.350 e.